The predicted molar refractivity (Wildman–Crippen MR) is 97.7 cm³/mol. The minimum Gasteiger partial charge on any atom is -0.493 e. The maximum Gasteiger partial charge on any atom is 0.273 e. The first-order chi connectivity index (χ1) is 12.7. The summed E-state index contributed by atoms with van der Waals surface area (Å²) in [5, 5.41) is 6.77. The monoisotopic (exact) mass is 359 g/mol. The lowest BCUT2D eigenvalue weighted by Gasteiger charge is -2.13. The first-order valence-corrected chi connectivity index (χ1v) is 8.91. The Balaban J connectivity index is 1.55. The largest absolute Gasteiger partial charge is 0.493 e. The van der Waals surface area contributed by atoms with Gasteiger partial charge in [0.25, 0.3) is 5.91 Å². The highest BCUT2D eigenvalue weighted by molar-refractivity contribution is 5.93. The second-order valence-electron chi connectivity index (χ2n) is 6.30. The van der Waals surface area contributed by atoms with E-state index in [1.165, 1.54) is 25.9 Å². The van der Waals surface area contributed by atoms with Crippen molar-refractivity contribution in [3.63, 3.8) is 0 Å². The molecule has 7 heteroatoms. The molecular formula is C19H25N3O4. The number of rotatable bonds is 8. The third-order valence-electron chi connectivity index (χ3n) is 4.55. The average molecular weight is 359 g/mol. The molecule has 3 rings (SSSR count). The summed E-state index contributed by atoms with van der Waals surface area (Å²) >= 11 is 0. The Bertz CT molecular complexity index is 738. The number of amides is 1. The summed E-state index contributed by atoms with van der Waals surface area (Å²) in [6.45, 7) is 4.00. The van der Waals surface area contributed by atoms with Gasteiger partial charge in [-0.15, -0.1) is 0 Å². The Hall–Kier alpha value is -2.54. The summed E-state index contributed by atoms with van der Waals surface area (Å²) in [7, 11) is 3.15. The van der Waals surface area contributed by atoms with Crippen LogP contribution in [0.3, 0.4) is 0 Å². The molecule has 0 atom stereocenters. The first-order valence-electron chi connectivity index (χ1n) is 8.91. The second kappa shape index (κ2) is 8.71. The molecule has 1 aliphatic heterocycles. The zero-order chi connectivity index (χ0) is 18.4. The molecule has 0 radical (unpaired) electrons. The molecule has 1 amide bonds. The van der Waals surface area contributed by atoms with E-state index in [0.29, 0.717) is 23.8 Å². The van der Waals surface area contributed by atoms with Crippen LogP contribution in [0.4, 0.5) is 0 Å². The van der Waals surface area contributed by atoms with Crippen LogP contribution in [0.5, 0.6) is 11.5 Å². The molecule has 7 nitrogen and oxygen atoms in total. The molecule has 140 valence electrons. The topological polar surface area (TPSA) is 76.8 Å². The van der Waals surface area contributed by atoms with Crippen LogP contribution in [0, 0.1) is 0 Å². The van der Waals surface area contributed by atoms with Crippen molar-refractivity contribution in [1.29, 1.82) is 0 Å². The van der Waals surface area contributed by atoms with Gasteiger partial charge in [0.2, 0.25) is 0 Å². The molecule has 0 aliphatic carbocycles. The number of ether oxygens (including phenoxy) is 2. The third-order valence-corrected chi connectivity index (χ3v) is 4.55. The predicted octanol–water partition coefficient (Wildman–Crippen LogP) is 2.57. The lowest BCUT2D eigenvalue weighted by Crippen LogP contribution is -2.28. The van der Waals surface area contributed by atoms with Crippen molar-refractivity contribution in [2.24, 2.45) is 0 Å². The van der Waals surface area contributed by atoms with Crippen molar-refractivity contribution >= 4 is 5.91 Å². The Labute approximate surface area is 153 Å². The Morgan fingerprint density at radius 3 is 2.69 bits per heavy atom. The zero-order valence-electron chi connectivity index (χ0n) is 15.3. The van der Waals surface area contributed by atoms with E-state index in [-0.39, 0.29) is 11.6 Å². The molecular weight excluding hydrogens is 334 g/mol. The first kappa shape index (κ1) is 18.3. The van der Waals surface area contributed by atoms with Crippen molar-refractivity contribution in [2.75, 3.05) is 40.4 Å². The number of likely N-dealkylation sites (tertiary alicyclic amines) is 1. The van der Waals surface area contributed by atoms with E-state index in [9.17, 15) is 4.79 Å². The van der Waals surface area contributed by atoms with Gasteiger partial charge in [-0.05, 0) is 57.1 Å². The zero-order valence-corrected chi connectivity index (χ0v) is 15.3. The van der Waals surface area contributed by atoms with E-state index in [0.717, 1.165) is 18.5 Å². The quantitative estimate of drug-likeness (QED) is 0.730. The highest BCUT2D eigenvalue weighted by atomic mass is 16.5. The van der Waals surface area contributed by atoms with Gasteiger partial charge < -0.3 is 24.2 Å². The summed E-state index contributed by atoms with van der Waals surface area (Å²) in [5.41, 5.74) is 1.04. The number of nitrogens with zero attached hydrogens (tertiary/aromatic N) is 2. The van der Waals surface area contributed by atoms with Gasteiger partial charge in [-0.25, -0.2) is 0 Å². The molecule has 26 heavy (non-hydrogen) atoms. The third kappa shape index (κ3) is 4.35. The molecule has 0 spiro atoms. The average Bonchev–Trinajstić information content (AvgIpc) is 3.36. The van der Waals surface area contributed by atoms with Gasteiger partial charge in [-0.3, -0.25) is 4.79 Å². The number of aromatic nitrogens is 1. The van der Waals surface area contributed by atoms with Crippen LogP contribution in [0.2, 0.25) is 0 Å². The molecule has 1 aliphatic rings. The summed E-state index contributed by atoms with van der Waals surface area (Å²) in [6, 6.07) is 7.04. The Morgan fingerprint density at radius 2 is 1.96 bits per heavy atom. The van der Waals surface area contributed by atoms with E-state index >= 15 is 0 Å². The molecule has 1 aromatic heterocycles. The fourth-order valence-corrected chi connectivity index (χ4v) is 3.11. The van der Waals surface area contributed by atoms with Gasteiger partial charge in [0, 0.05) is 18.2 Å². The van der Waals surface area contributed by atoms with Crippen LogP contribution in [0.15, 0.2) is 28.8 Å². The summed E-state index contributed by atoms with van der Waals surface area (Å²) in [4.78, 5) is 14.6. The number of benzene rings is 1. The van der Waals surface area contributed by atoms with E-state index < -0.39 is 0 Å². The second-order valence-corrected chi connectivity index (χ2v) is 6.30. The number of nitrogens with one attached hydrogen (secondary N) is 1. The molecule has 0 unspecified atom stereocenters. The van der Waals surface area contributed by atoms with Gasteiger partial charge in [-0.2, -0.15) is 0 Å². The van der Waals surface area contributed by atoms with Gasteiger partial charge in [0.1, 0.15) is 0 Å². The van der Waals surface area contributed by atoms with Crippen molar-refractivity contribution in [1.82, 2.24) is 15.4 Å². The van der Waals surface area contributed by atoms with Crippen LogP contribution in [0.25, 0.3) is 11.3 Å². The van der Waals surface area contributed by atoms with E-state index in [2.05, 4.69) is 15.4 Å². The molecule has 0 bridgehead atoms. The molecule has 1 N–H and O–H groups in total. The fraction of sp³-hybridized carbons (Fsp3) is 0.474. The van der Waals surface area contributed by atoms with Crippen LogP contribution < -0.4 is 14.8 Å². The van der Waals surface area contributed by atoms with Gasteiger partial charge in [0.15, 0.2) is 23.0 Å². The number of hydrogen-bond donors (Lipinski definition) is 1. The smallest absolute Gasteiger partial charge is 0.273 e. The highest BCUT2D eigenvalue weighted by Gasteiger charge is 2.15. The van der Waals surface area contributed by atoms with Gasteiger partial charge in [0.05, 0.1) is 14.2 Å². The summed E-state index contributed by atoms with van der Waals surface area (Å²) in [6.07, 6.45) is 3.50. The Kier molecular flexibility index (Phi) is 6.12. The van der Waals surface area contributed by atoms with Crippen molar-refractivity contribution in [3.8, 4) is 22.8 Å². The van der Waals surface area contributed by atoms with Crippen LogP contribution in [-0.2, 0) is 0 Å². The molecule has 2 aromatic rings. The van der Waals surface area contributed by atoms with Crippen molar-refractivity contribution in [3.05, 3.63) is 30.0 Å². The minimum absolute atomic E-state index is 0.220. The number of carbonyl (C=O) groups excluding carboxylic acids is 1. The maximum absolute atomic E-state index is 12.2. The van der Waals surface area contributed by atoms with E-state index in [4.69, 9.17) is 14.0 Å². The fourth-order valence-electron chi connectivity index (χ4n) is 3.11. The van der Waals surface area contributed by atoms with E-state index in [1.807, 2.05) is 6.07 Å². The lowest BCUT2D eigenvalue weighted by molar-refractivity contribution is 0.0943. The SMILES string of the molecule is COc1ccc(-c2cc(C(=O)NCCCN3CCCC3)no2)cc1OC. The van der Waals surface area contributed by atoms with Crippen molar-refractivity contribution < 1.29 is 18.8 Å². The molecule has 1 aromatic carbocycles. The van der Waals surface area contributed by atoms with Gasteiger partial charge >= 0.3 is 0 Å². The van der Waals surface area contributed by atoms with Crippen LogP contribution in [-0.4, -0.2) is 56.4 Å². The molecule has 2 heterocycles. The van der Waals surface area contributed by atoms with Crippen LogP contribution in [0.1, 0.15) is 29.8 Å². The lowest BCUT2D eigenvalue weighted by atomic mass is 10.1. The standard InChI is InChI=1S/C19H25N3O4/c1-24-16-7-6-14(12-18(16)25-2)17-13-15(21-26-17)19(23)20-8-5-11-22-9-3-4-10-22/h6-7,12-13H,3-5,8-11H2,1-2H3,(H,20,23). The number of hydrogen-bond acceptors (Lipinski definition) is 6. The summed E-state index contributed by atoms with van der Waals surface area (Å²) in [5.74, 6) is 1.51. The highest BCUT2D eigenvalue weighted by Crippen LogP contribution is 2.32. The number of methoxy groups -OCH3 is 2. The minimum atomic E-state index is -0.220. The summed E-state index contributed by atoms with van der Waals surface area (Å²) < 4.78 is 15.8. The normalized spacial score (nSPS) is 14.4. The van der Waals surface area contributed by atoms with Crippen LogP contribution >= 0.6 is 0 Å². The Morgan fingerprint density at radius 1 is 1.19 bits per heavy atom. The number of carbonyl (C=O) groups is 1. The molecule has 1 saturated heterocycles. The molecule has 0 saturated carbocycles. The molecule has 1 fully saturated rings. The maximum atomic E-state index is 12.2. The van der Waals surface area contributed by atoms with Gasteiger partial charge in [-0.1, -0.05) is 5.16 Å². The van der Waals surface area contributed by atoms with Crippen molar-refractivity contribution in [2.45, 2.75) is 19.3 Å². The van der Waals surface area contributed by atoms with E-state index in [1.54, 1.807) is 32.4 Å².